The van der Waals surface area contributed by atoms with Crippen LogP contribution in [-0.2, 0) is 24.4 Å². The van der Waals surface area contributed by atoms with E-state index in [1.54, 1.807) is 14.2 Å². The summed E-state index contributed by atoms with van der Waals surface area (Å²) < 4.78 is 5.23. The van der Waals surface area contributed by atoms with Crippen molar-refractivity contribution in [3.8, 4) is 0 Å². The first-order valence-corrected chi connectivity index (χ1v) is 7.85. The van der Waals surface area contributed by atoms with Gasteiger partial charge in [-0.2, -0.15) is 0 Å². The Bertz CT molecular complexity index is 664. The minimum Gasteiger partial charge on any atom is -0.380 e. The second-order valence-corrected chi connectivity index (χ2v) is 5.55. The molecule has 0 saturated carbocycles. The number of nitrogens with one attached hydrogen (secondary N) is 2. The van der Waals surface area contributed by atoms with Gasteiger partial charge in [0, 0.05) is 32.3 Å². The van der Waals surface area contributed by atoms with Crippen LogP contribution in [0.1, 0.15) is 16.7 Å². The number of guanidine groups is 1. The molecule has 130 valence electrons. The lowest BCUT2D eigenvalue weighted by atomic mass is 10.1. The van der Waals surface area contributed by atoms with Crippen LogP contribution in [0, 0.1) is 0 Å². The average Bonchev–Trinajstić information content (AvgIpc) is 2.57. The van der Waals surface area contributed by atoms with Crippen molar-refractivity contribution in [3.63, 3.8) is 0 Å². The number of rotatable bonds is 6. The van der Waals surface area contributed by atoms with Crippen LogP contribution >= 0.6 is 35.6 Å². The van der Waals surface area contributed by atoms with Gasteiger partial charge in [-0.05, 0) is 28.8 Å². The number of halogens is 2. The van der Waals surface area contributed by atoms with E-state index in [0.29, 0.717) is 19.7 Å². The standard InChI is InChI=1S/C18H22ClN3O.HI/c1-20-18(21-11-14-6-5-9-17(19)10-14)22-12-15-7-3-4-8-16(15)13-23-2;/h3-10H,11-13H2,1-2H3,(H2,20,21,22);1H. The summed E-state index contributed by atoms with van der Waals surface area (Å²) in [5, 5.41) is 7.34. The largest absolute Gasteiger partial charge is 0.380 e. The molecule has 0 atom stereocenters. The molecule has 0 aliphatic rings. The fourth-order valence-electron chi connectivity index (χ4n) is 2.26. The Morgan fingerprint density at radius 3 is 2.42 bits per heavy atom. The quantitative estimate of drug-likeness (QED) is 0.390. The molecular weight excluding hydrogens is 437 g/mol. The summed E-state index contributed by atoms with van der Waals surface area (Å²) in [4.78, 5) is 4.25. The summed E-state index contributed by atoms with van der Waals surface area (Å²) in [6, 6.07) is 16.0. The normalized spacial score (nSPS) is 10.9. The lowest BCUT2D eigenvalue weighted by molar-refractivity contribution is 0.184. The molecular formula is C18H23ClIN3O. The minimum atomic E-state index is 0. The summed E-state index contributed by atoms with van der Waals surface area (Å²) in [5.74, 6) is 0.747. The molecule has 2 N–H and O–H groups in total. The van der Waals surface area contributed by atoms with Gasteiger partial charge in [-0.25, -0.2) is 0 Å². The maximum absolute atomic E-state index is 6.00. The van der Waals surface area contributed by atoms with E-state index in [1.165, 1.54) is 11.1 Å². The molecule has 0 amide bonds. The van der Waals surface area contributed by atoms with Gasteiger partial charge in [0.2, 0.25) is 0 Å². The van der Waals surface area contributed by atoms with Crippen LogP contribution in [0.2, 0.25) is 5.02 Å². The first kappa shape index (κ1) is 20.7. The van der Waals surface area contributed by atoms with Crippen molar-refractivity contribution in [1.29, 1.82) is 0 Å². The smallest absolute Gasteiger partial charge is 0.191 e. The molecule has 4 nitrogen and oxygen atoms in total. The highest BCUT2D eigenvalue weighted by molar-refractivity contribution is 14.0. The highest BCUT2D eigenvalue weighted by Crippen LogP contribution is 2.11. The number of hydrogen-bond donors (Lipinski definition) is 2. The van der Waals surface area contributed by atoms with Gasteiger partial charge in [0.25, 0.3) is 0 Å². The average molecular weight is 460 g/mol. The zero-order valence-electron chi connectivity index (χ0n) is 13.9. The number of hydrogen-bond acceptors (Lipinski definition) is 2. The summed E-state index contributed by atoms with van der Waals surface area (Å²) >= 11 is 6.00. The van der Waals surface area contributed by atoms with Crippen LogP contribution in [0.5, 0.6) is 0 Å². The summed E-state index contributed by atoms with van der Waals surface area (Å²) in [6.07, 6.45) is 0. The zero-order valence-corrected chi connectivity index (χ0v) is 17.0. The second kappa shape index (κ2) is 11.3. The SMILES string of the molecule is CN=C(NCc1cccc(Cl)c1)NCc1ccccc1COC.I. The Hall–Kier alpha value is -1.31. The van der Waals surface area contributed by atoms with Crippen LogP contribution in [-0.4, -0.2) is 20.1 Å². The van der Waals surface area contributed by atoms with Crippen LogP contribution in [0.25, 0.3) is 0 Å². The van der Waals surface area contributed by atoms with Crippen LogP contribution in [0.3, 0.4) is 0 Å². The van der Waals surface area contributed by atoms with Crippen molar-refractivity contribution in [2.24, 2.45) is 4.99 Å². The molecule has 2 rings (SSSR count). The number of aliphatic imine (C=N–C) groups is 1. The van der Waals surface area contributed by atoms with E-state index in [4.69, 9.17) is 16.3 Å². The predicted octanol–water partition coefficient (Wildman–Crippen LogP) is 3.97. The molecule has 6 heteroatoms. The molecule has 2 aromatic carbocycles. The highest BCUT2D eigenvalue weighted by atomic mass is 127. The van der Waals surface area contributed by atoms with Gasteiger partial charge in [0.1, 0.15) is 0 Å². The first-order chi connectivity index (χ1) is 11.2. The topological polar surface area (TPSA) is 45.7 Å². The maximum Gasteiger partial charge on any atom is 0.191 e. The minimum absolute atomic E-state index is 0. The molecule has 0 aliphatic heterocycles. The fraction of sp³-hybridized carbons (Fsp3) is 0.278. The molecule has 0 saturated heterocycles. The van der Waals surface area contributed by atoms with Crippen molar-refractivity contribution in [1.82, 2.24) is 10.6 Å². The molecule has 0 aliphatic carbocycles. The van der Waals surface area contributed by atoms with E-state index in [-0.39, 0.29) is 24.0 Å². The van der Waals surface area contributed by atoms with Gasteiger partial charge < -0.3 is 15.4 Å². The molecule has 0 bridgehead atoms. The van der Waals surface area contributed by atoms with Crippen LogP contribution in [0.4, 0.5) is 0 Å². The van der Waals surface area contributed by atoms with Gasteiger partial charge in [-0.15, -0.1) is 24.0 Å². The van der Waals surface area contributed by atoms with Crippen molar-refractivity contribution in [3.05, 3.63) is 70.2 Å². The van der Waals surface area contributed by atoms with E-state index < -0.39 is 0 Å². The molecule has 2 aromatic rings. The second-order valence-electron chi connectivity index (χ2n) is 5.11. The molecule has 0 fully saturated rings. The molecule has 0 radical (unpaired) electrons. The lowest BCUT2D eigenvalue weighted by Gasteiger charge is -2.14. The number of ether oxygens (including phenoxy) is 1. The monoisotopic (exact) mass is 459 g/mol. The van der Waals surface area contributed by atoms with Crippen molar-refractivity contribution < 1.29 is 4.74 Å². The molecule has 0 unspecified atom stereocenters. The number of benzene rings is 2. The molecule has 0 aromatic heterocycles. The summed E-state index contributed by atoms with van der Waals surface area (Å²) in [7, 11) is 3.46. The van der Waals surface area contributed by atoms with E-state index in [9.17, 15) is 0 Å². The third kappa shape index (κ3) is 6.67. The Labute approximate surface area is 165 Å². The number of nitrogens with zero attached hydrogens (tertiary/aromatic N) is 1. The van der Waals surface area contributed by atoms with Crippen LogP contribution in [0.15, 0.2) is 53.5 Å². The van der Waals surface area contributed by atoms with Gasteiger partial charge in [0.15, 0.2) is 5.96 Å². The van der Waals surface area contributed by atoms with Crippen LogP contribution < -0.4 is 10.6 Å². The van der Waals surface area contributed by atoms with Gasteiger partial charge >= 0.3 is 0 Å². The summed E-state index contributed by atoms with van der Waals surface area (Å²) in [6.45, 7) is 1.96. The Kier molecular flexibility index (Phi) is 9.75. The van der Waals surface area contributed by atoms with Crippen molar-refractivity contribution in [2.45, 2.75) is 19.7 Å². The summed E-state index contributed by atoms with van der Waals surface area (Å²) in [5.41, 5.74) is 3.48. The third-order valence-electron chi connectivity index (χ3n) is 3.44. The van der Waals surface area contributed by atoms with Gasteiger partial charge in [-0.1, -0.05) is 48.0 Å². The molecule has 0 heterocycles. The van der Waals surface area contributed by atoms with Gasteiger partial charge in [0.05, 0.1) is 6.61 Å². The number of methoxy groups -OCH3 is 1. The third-order valence-corrected chi connectivity index (χ3v) is 3.67. The zero-order chi connectivity index (χ0) is 16.5. The molecule has 0 spiro atoms. The Morgan fingerprint density at radius 2 is 1.75 bits per heavy atom. The van der Waals surface area contributed by atoms with E-state index in [1.807, 2.05) is 36.4 Å². The van der Waals surface area contributed by atoms with Gasteiger partial charge in [-0.3, -0.25) is 4.99 Å². The Morgan fingerprint density at radius 1 is 1.04 bits per heavy atom. The highest BCUT2D eigenvalue weighted by Gasteiger charge is 2.03. The van der Waals surface area contributed by atoms with Crippen molar-refractivity contribution in [2.75, 3.05) is 14.2 Å². The first-order valence-electron chi connectivity index (χ1n) is 7.47. The lowest BCUT2D eigenvalue weighted by Crippen LogP contribution is -2.36. The molecule has 24 heavy (non-hydrogen) atoms. The van der Waals surface area contributed by atoms with E-state index in [2.05, 4.69) is 27.8 Å². The van der Waals surface area contributed by atoms with E-state index in [0.717, 1.165) is 16.5 Å². The fourth-order valence-corrected chi connectivity index (χ4v) is 2.47. The van der Waals surface area contributed by atoms with E-state index >= 15 is 0 Å². The Balaban J connectivity index is 0.00000288. The maximum atomic E-state index is 6.00. The van der Waals surface area contributed by atoms with Crippen molar-refractivity contribution >= 4 is 41.5 Å². The predicted molar refractivity (Wildman–Crippen MR) is 111 cm³/mol.